The third-order valence-electron chi connectivity index (χ3n) is 4.35. The van der Waals surface area contributed by atoms with Gasteiger partial charge in [-0.15, -0.1) is 0 Å². The standard InChI is InChI=1S/C17H20N2O3/c1-11-5-3-4-6-14(11)15-8-19(9-16(15)17(20)21)7-13-10-22-12(2)18-13/h3-6,10,15-16H,7-9H2,1-2H3,(H,20,21)/t15-,16+/m0/s1. The highest BCUT2D eigenvalue weighted by Crippen LogP contribution is 2.35. The predicted molar refractivity (Wildman–Crippen MR) is 81.6 cm³/mol. The molecule has 116 valence electrons. The summed E-state index contributed by atoms with van der Waals surface area (Å²) in [6, 6.07) is 8.04. The molecule has 1 aliphatic rings. The molecule has 3 rings (SSSR count). The van der Waals surface area contributed by atoms with Gasteiger partial charge in [-0.25, -0.2) is 4.98 Å². The number of benzene rings is 1. The third kappa shape index (κ3) is 2.90. The van der Waals surface area contributed by atoms with Crippen LogP contribution in [0, 0.1) is 19.8 Å². The molecule has 0 unspecified atom stereocenters. The van der Waals surface area contributed by atoms with Gasteiger partial charge in [-0.2, -0.15) is 0 Å². The molecule has 0 aliphatic carbocycles. The molecule has 1 aliphatic heterocycles. The summed E-state index contributed by atoms with van der Waals surface area (Å²) in [5, 5.41) is 9.56. The molecule has 1 fully saturated rings. The summed E-state index contributed by atoms with van der Waals surface area (Å²) in [6.07, 6.45) is 1.65. The van der Waals surface area contributed by atoms with Crippen molar-refractivity contribution in [1.29, 1.82) is 0 Å². The van der Waals surface area contributed by atoms with Gasteiger partial charge in [0.25, 0.3) is 0 Å². The van der Waals surface area contributed by atoms with E-state index >= 15 is 0 Å². The molecule has 1 saturated heterocycles. The highest BCUT2D eigenvalue weighted by atomic mass is 16.4. The van der Waals surface area contributed by atoms with Crippen LogP contribution in [0.1, 0.15) is 28.6 Å². The van der Waals surface area contributed by atoms with Crippen molar-refractivity contribution in [3.05, 3.63) is 53.2 Å². The van der Waals surface area contributed by atoms with E-state index in [0.29, 0.717) is 19.0 Å². The van der Waals surface area contributed by atoms with Crippen molar-refractivity contribution < 1.29 is 14.3 Å². The van der Waals surface area contributed by atoms with E-state index in [4.69, 9.17) is 4.42 Å². The Morgan fingerprint density at radius 3 is 2.77 bits per heavy atom. The fourth-order valence-corrected chi connectivity index (χ4v) is 3.29. The van der Waals surface area contributed by atoms with Crippen molar-refractivity contribution in [2.75, 3.05) is 13.1 Å². The molecule has 5 nitrogen and oxygen atoms in total. The van der Waals surface area contributed by atoms with E-state index in [1.807, 2.05) is 38.1 Å². The van der Waals surface area contributed by atoms with Gasteiger partial charge in [0.1, 0.15) is 6.26 Å². The quantitative estimate of drug-likeness (QED) is 0.940. The maximum atomic E-state index is 11.6. The number of aromatic nitrogens is 1. The van der Waals surface area contributed by atoms with Crippen LogP contribution in [0.4, 0.5) is 0 Å². The molecule has 2 aromatic rings. The fourth-order valence-electron chi connectivity index (χ4n) is 3.29. The topological polar surface area (TPSA) is 66.6 Å². The molecule has 2 atom stereocenters. The molecule has 0 radical (unpaired) electrons. The lowest BCUT2D eigenvalue weighted by Crippen LogP contribution is -2.23. The summed E-state index contributed by atoms with van der Waals surface area (Å²) in [6.45, 7) is 5.75. The minimum Gasteiger partial charge on any atom is -0.481 e. The molecule has 1 N–H and O–H groups in total. The number of oxazole rings is 1. The Kier molecular flexibility index (Phi) is 3.98. The van der Waals surface area contributed by atoms with Crippen LogP contribution in [-0.2, 0) is 11.3 Å². The Balaban J connectivity index is 1.81. The van der Waals surface area contributed by atoms with Crippen LogP contribution in [0.25, 0.3) is 0 Å². The zero-order valence-electron chi connectivity index (χ0n) is 12.8. The van der Waals surface area contributed by atoms with Crippen molar-refractivity contribution in [3.8, 4) is 0 Å². The number of aliphatic carboxylic acids is 1. The second-order valence-corrected chi connectivity index (χ2v) is 5.96. The minimum absolute atomic E-state index is 0.0201. The maximum absolute atomic E-state index is 11.6. The Bertz CT molecular complexity index is 680. The van der Waals surface area contributed by atoms with E-state index in [2.05, 4.69) is 9.88 Å². The molecule has 0 bridgehead atoms. The van der Waals surface area contributed by atoms with E-state index in [-0.39, 0.29) is 11.8 Å². The SMILES string of the molecule is Cc1nc(CN2C[C@@H](C(=O)O)[C@H](c3ccccc3C)C2)co1. The van der Waals surface area contributed by atoms with Gasteiger partial charge in [0.15, 0.2) is 5.89 Å². The Labute approximate surface area is 129 Å². The number of carboxylic acids is 1. The first-order chi connectivity index (χ1) is 10.5. The number of nitrogens with zero attached hydrogens (tertiary/aromatic N) is 2. The van der Waals surface area contributed by atoms with Gasteiger partial charge in [-0.1, -0.05) is 24.3 Å². The summed E-state index contributed by atoms with van der Waals surface area (Å²) in [5.41, 5.74) is 3.14. The molecular formula is C17H20N2O3. The number of hydrogen-bond donors (Lipinski definition) is 1. The molecular weight excluding hydrogens is 280 g/mol. The van der Waals surface area contributed by atoms with Gasteiger partial charge in [-0.05, 0) is 18.1 Å². The summed E-state index contributed by atoms with van der Waals surface area (Å²) >= 11 is 0. The van der Waals surface area contributed by atoms with Crippen molar-refractivity contribution >= 4 is 5.97 Å². The van der Waals surface area contributed by atoms with Crippen LogP contribution in [-0.4, -0.2) is 34.0 Å². The molecule has 0 spiro atoms. The van der Waals surface area contributed by atoms with E-state index in [1.54, 1.807) is 6.26 Å². The first-order valence-corrected chi connectivity index (χ1v) is 7.46. The van der Waals surface area contributed by atoms with Crippen LogP contribution in [0.2, 0.25) is 0 Å². The Morgan fingerprint density at radius 1 is 1.36 bits per heavy atom. The number of rotatable bonds is 4. The lowest BCUT2D eigenvalue weighted by molar-refractivity contribution is -0.141. The van der Waals surface area contributed by atoms with Gasteiger partial charge >= 0.3 is 5.97 Å². The summed E-state index contributed by atoms with van der Waals surface area (Å²) in [7, 11) is 0. The number of aryl methyl sites for hydroxylation is 2. The molecule has 0 amide bonds. The van der Waals surface area contributed by atoms with Gasteiger partial charge in [0, 0.05) is 32.5 Å². The summed E-state index contributed by atoms with van der Waals surface area (Å²) in [4.78, 5) is 18.1. The second kappa shape index (κ2) is 5.93. The van der Waals surface area contributed by atoms with E-state index in [1.165, 1.54) is 0 Å². The zero-order chi connectivity index (χ0) is 15.7. The van der Waals surface area contributed by atoms with Crippen LogP contribution >= 0.6 is 0 Å². The third-order valence-corrected chi connectivity index (χ3v) is 4.35. The monoisotopic (exact) mass is 300 g/mol. The van der Waals surface area contributed by atoms with E-state index < -0.39 is 5.97 Å². The normalized spacial score (nSPS) is 22.1. The largest absolute Gasteiger partial charge is 0.481 e. The molecule has 0 saturated carbocycles. The maximum Gasteiger partial charge on any atom is 0.308 e. The van der Waals surface area contributed by atoms with Crippen LogP contribution in [0.3, 0.4) is 0 Å². The first-order valence-electron chi connectivity index (χ1n) is 7.46. The molecule has 5 heteroatoms. The molecule has 22 heavy (non-hydrogen) atoms. The number of carboxylic acid groups (broad SMARTS) is 1. The van der Waals surface area contributed by atoms with Crippen molar-refractivity contribution in [3.63, 3.8) is 0 Å². The van der Waals surface area contributed by atoms with Gasteiger partial charge in [-0.3, -0.25) is 9.69 Å². The summed E-state index contributed by atoms with van der Waals surface area (Å²) < 4.78 is 5.23. The van der Waals surface area contributed by atoms with Crippen molar-refractivity contribution in [2.45, 2.75) is 26.3 Å². The lowest BCUT2D eigenvalue weighted by atomic mass is 9.86. The smallest absolute Gasteiger partial charge is 0.308 e. The molecule has 1 aromatic carbocycles. The highest BCUT2D eigenvalue weighted by molar-refractivity contribution is 5.72. The van der Waals surface area contributed by atoms with Gasteiger partial charge < -0.3 is 9.52 Å². The fraction of sp³-hybridized carbons (Fsp3) is 0.412. The van der Waals surface area contributed by atoms with Crippen LogP contribution < -0.4 is 0 Å². The highest BCUT2D eigenvalue weighted by Gasteiger charge is 2.39. The average Bonchev–Trinajstić information content (AvgIpc) is 3.06. The molecule has 2 heterocycles. The van der Waals surface area contributed by atoms with Crippen molar-refractivity contribution in [2.24, 2.45) is 5.92 Å². The summed E-state index contributed by atoms with van der Waals surface area (Å²) in [5.74, 6) is -0.452. The predicted octanol–water partition coefficient (Wildman–Crippen LogP) is 2.59. The Morgan fingerprint density at radius 2 is 2.14 bits per heavy atom. The number of likely N-dealkylation sites (tertiary alicyclic amines) is 1. The first kappa shape index (κ1) is 14.8. The number of carbonyl (C=O) groups is 1. The van der Waals surface area contributed by atoms with E-state index in [9.17, 15) is 9.90 Å². The van der Waals surface area contributed by atoms with Crippen LogP contribution in [0.15, 0.2) is 34.9 Å². The Hall–Kier alpha value is -2.14. The minimum atomic E-state index is -0.730. The van der Waals surface area contributed by atoms with Crippen molar-refractivity contribution in [1.82, 2.24) is 9.88 Å². The number of hydrogen-bond acceptors (Lipinski definition) is 4. The molecule has 1 aromatic heterocycles. The average molecular weight is 300 g/mol. The van der Waals surface area contributed by atoms with Gasteiger partial charge in [0.05, 0.1) is 11.6 Å². The van der Waals surface area contributed by atoms with Crippen LogP contribution in [0.5, 0.6) is 0 Å². The zero-order valence-corrected chi connectivity index (χ0v) is 12.8. The van der Waals surface area contributed by atoms with Gasteiger partial charge in [0.2, 0.25) is 0 Å². The van der Waals surface area contributed by atoms with E-state index in [0.717, 1.165) is 23.4 Å². The lowest BCUT2D eigenvalue weighted by Gasteiger charge is -2.17. The second-order valence-electron chi connectivity index (χ2n) is 5.96.